The van der Waals surface area contributed by atoms with Crippen LogP contribution in [0, 0.1) is 11.6 Å². The number of fused-ring (bicyclic) bond motifs is 1. The molecule has 192 valence electrons. The molecular formula is C27H23F2N6O2S+. The summed E-state index contributed by atoms with van der Waals surface area (Å²) in [5, 5.41) is 9.17. The first-order valence-electron chi connectivity index (χ1n) is 12.2. The molecule has 38 heavy (non-hydrogen) atoms. The highest BCUT2D eigenvalue weighted by Crippen LogP contribution is 2.42. The molecular weight excluding hydrogens is 510 g/mol. The third-order valence-corrected chi connectivity index (χ3v) is 7.61. The molecule has 3 aromatic heterocycles. The van der Waals surface area contributed by atoms with E-state index in [9.17, 15) is 13.6 Å². The number of anilines is 2. The van der Waals surface area contributed by atoms with Gasteiger partial charge in [0.2, 0.25) is 5.27 Å². The van der Waals surface area contributed by atoms with Crippen molar-refractivity contribution in [2.45, 2.75) is 19.3 Å². The van der Waals surface area contributed by atoms with E-state index in [4.69, 9.17) is 15.2 Å². The number of hydrogen-bond acceptors (Lipinski definition) is 7. The zero-order valence-corrected chi connectivity index (χ0v) is 21.0. The first-order valence-corrected chi connectivity index (χ1v) is 13.0. The number of carbonyl (C=O) groups excluding carboxylic acids is 1. The lowest BCUT2D eigenvalue weighted by atomic mass is 9.99. The number of benzene rings is 2. The quantitative estimate of drug-likeness (QED) is 0.304. The van der Waals surface area contributed by atoms with E-state index in [1.807, 2.05) is 35.3 Å². The lowest BCUT2D eigenvalue weighted by Gasteiger charge is -2.17. The van der Waals surface area contributed by atoms with Gasteiger partial charge in [0.25, 0.3) is 12.1 Å². The third kappa shape index (κ3) is 4.45. The zero-order chi connectivity index (χ0) is 26.2. The number of nitrogens with zero attached hydrogens (tertiary/aromatic N) is 4. The number of piperidine rings is 1. The van der Waals surface area contributed by atoms with Crippen LogP contribution in [-0.4, -0.2) is 29.3 Å². The Hall–Kier alpha value is -4.38. The summed E-state index contributed by atoms with van der Waals surface area (Å²) in [6.07, 6.45) is 4.91. The number of nitrogens with one attached hydrogen (secondary N) is 1. The van der Waals surface area contributed by atoms with Crippen molar-refractivity contribution in [2.24, 2.45) is 0 Å². The molecule has 1 aliphatic rings. The van der Waals surface area contributed by atoms with E-state index < -0.39 is 17.5 Å². The van der Waals surface area contributed by atoms with Gasteiger partial charge in [0, 0.05) is 22.6 Å². The lowest BCUT2D eigenvalue weighted by Crippen LogP contribution is -2.60. The van der Waals surface area contributed by atoms with Crippen molar-refractivity contribution >= 4 is 39.0 Å². The lowest BCUT2D eigenvalue weighted by molar-refractivity contribution is -0.759. The van der Waals surface area contributed by atoms with Gasteiger partial charge in [-0.25, -0.2) is 13.8 Å². The summed E-state index contributed by atoms with van der Waals surface area (Å²) in [7, 11) is 0. The Labute approximate surface area is 220 Å². The number of rotatable bonds is 5. The molecule has 0 saturated carbocycles. The number of nitrogens with two attached hydrogens (primary N) is 1. The molecule has 0 unspecified atom stereocenters. The van der Waals surface area contributed by atoms with Crippen molar-refractivity contribution in [2.75, 3.05) is 29.1 Å². The number of pyridine rings is 1. The fourth-order valence-corrected chi connectivity index (χ4v) is 5.66. The Kier molecular flexibility index (Phi) is 6.20. The second kappa shape index (κ2) is 9.82. The van der Waals surface area contributed by atoms with Gasteiger partial charge >= 0.3 is 5.88 Å². The van der Waals surface area contributed by atoms with Crippen LogP contribution in [0.3, 0.4) is 0 Å². The van der Waals surface area contributed by atoms with Gasteiger partial charge in [-0.3, -0.25) is 14.6 Å². The summed E-state index contributed by atoms with van der Waals surface area (Å²) in [6.45, 7) is 1.71. The van der Waals surface area contributed by atoms with Crippen molar-refractivity contribution < 1.29 is 22.9 Å². The van der Waals surface area contributed by atoms with Gasteiger partial charge in [-0.1, -0.05) is 30.3 Å². The van der Waals surface area contributed by atoms with Crippen LogP contribution in [0.1, 0.15) is 28.9 Å². The SMILES string of the molecule is Nc1c(C(=O)Nc2c[n+](N3CCCCC3)no2)sc2nc(-c3ccccc3)cc(-c3ccc(F)cc3F)c12. The van der Waals surface area contributed by atoms with E-state index >= 15 is 0 Å². The van der Waals surface area contributed by atoms with Crippen molar-refractivity contribution in [3.63, 3.8) is 0 Å². The summed E-state index contributed by atoms with van der Waals surface area (Å²) in [5.74, 6) is -1.76. The molecule has 3 N–H and O–H groups in total. The molecule has 0 radical (unpaired) electrons. The molecule has 0 spiro atoms. The minimum absolute atomic E-state index is 0.150. The van der Waals surface area contributed by atoms with Gasteiger partial charge < -0.3 is 5.73 Å². The van der Waals surface area contributed by atoms with Crippen LogP contribution in [0.2, 0.25) is 0 Å². The van der Waals surface area contributed by atoms with Gasteiger partial charge in [0.1, 0.15) is 21.3 Å². The highest BCUT2D eigenvalue weighted by atomic mass is 32.1. The Morgan fingerprint density at radius 1 is 1.05 bits per heavy atom. The fraction of sp³-hybridized carbons (Fsp3) is 0.185. The van der Waals surface area contributed by atoms with Gasteiger partial charge in [-0.15, -0.1) is 11.3 Å². The summed E-state index contributed by atoms with van der Waals surface area (Å²) >= 11 is 1.09. The largest absolute Gasteiger partial charge is 0.397 e. The predicted molar refractivity (Wildman–Crippen MR) is 141 cm³/mol. The van der Waals surface area contributed by atoms with Gasteiger partial charge in [-0.05, 0) is 43.0 Å². The normalized spacial score (nSPS) is 13.7. The molecule has 1 aliphatic heterocycles. The summed E-state index contributed by atoms with van der Waals surface area (Å²) in [5.41, 5.74) is 8.58. The smallest absolute Gasteiger partial charge is 0.306 e. The van der Waals surface area contributed by atoms with E-state index in [1.54, 1.807) is 17.1 Å². The van der Waals surface area contributed by atoms with Crippen LogP contribution in [0.15, 0.2) is 65.3 Å². The molecule has 6 rings (SSSR count). The second-order valence-electron chi connectivity index (χ2n) is 9.03. The molecule has 1 amide bonds. The van der Waals surface area contributed by atoms with E-state index in [0.717, 1.165) is 48.9 Å². The molecule has 0 aliphatic carbocycles. The van der Waals surface area contributed by atoms with E-state index in [0.29, 0.717) is 21.5 Å². The van der Waals surface area contributed by atoms with Crippen LogP contribution in [0.5, 0.6) is 0 Å². The van der Waals surface area contributed by atoms with Crippen LogP contribution in [0.4, 0.5) is 20.4 Å². The standard InChI is InChI=1S/C27H22F2N6O2S/c28-17-9-10-18(20(29)13-17)19-14-21(16-7-3-1-4-8-16)31-27-23(19)24(30)25(38-27)26(36)32-22-15-35(33-37-22)34-11-5-2-6-12-34/h1,3-4,7-10,13-15H,2,5-6,11-12H2,(H2-,30,32,33,36)/p+1. The van der Waals surface area contributed by atoms with Crippen LogP contribution in [0.25, 0.3) is 32.6 Å². The Balaban J connectivity index is 1.41. The molecule has 2 aromatic carbocycles. The van der Waals surface area contributed by atoms with Gasteiger partial charge in [0.15, 0.2) is 0 Å². The highest BCUT2D eigenvalue weighted by Gasteiger charge is 2.26. The molecule has 0 bridgehead atoms. The maximum Gasteiger partial charge on any atom is 0.306 e. The van der Waals surface area contributed by atoms with E-state index in [-0.39, 0.29) is 22.0 Å². The highest BCUT2D eigenvalue weighted by molar-refractivity contribution is 7.21. The van der Waals surface area contributed by atoms with E-state index in [2.05, 4.69) is 10.6 Å². The molecule has 0 atom stereocenters. The minimum atomic E-state index is -0.739. The topological polar surface area (TPSA) is 101 Å². The van der Waals surface area contributed by atoms with Crippen LogP contribution < -0.4 is 20.9 Å². The molecule has 5 aromatic rings. The molecule has 4 heterocycles. The van der Waals surface area contributed by atoms with Crippen molar-refractivity contribution in [3.05, 3.63) is 77.3 Å². The molecule has 8 nitrogen and oxygen atoms in total. The minimum Gasteiger partial charge on any atom is -0.397 e. The number of thiophene rings is 1. The molecule has 1 saturated heterocycles. The average molecular weight is 534 g/mol. The fourth-order valence-electron chi connectivity index (χ4n) is 4.64. The average Bonchev–Trinajstić information content (AvgIpc) is 3.54. The number of carbonyl (C=O) groups is 1. The number of amides is 1. The van der Waals surface area contributed by atoms with Crippen molar-refractivity contribution in [1.29, 1.82) is 0 Å². The number of nitrogen functional groups attached to an aromatic ring is 1. The number of aromatic nitrogens is 3. The first-order chi connectivity index (χ1) is 18.5. The summed E-state index contributed by atoms with van der Waals surface area (Å²) in [4.78, 5) is 20.2. The summed E-state index contributed by atoms with van der Waals surface area (Å²) in [6, 6.07) is 14.5. The zero-order valence-electron chi connectivity index (χ0n) is 20.2. The first kappa shape index (κ1) is 24.0. The van der Waals surface area contributed by atoms with Crippen molar-refractivity contribution in [3.8, 4) is 22.4 Å². The maximum atomic E-state index is 14.9. The monoisotopic (exact) mass is 533 g/mol. The van der Waals surface area contributed by atoms with E-state index in [1.165, 1.54) is 18.6 Å². The number of halogens is 2. The maximum absolute atomic E-state index is 14.9. The number of hydrogen-bond donors (Lipinski definition) is 2. The Morgan fingerprint density at radius 3 is 2.61 bits per heavy atom. The second-order valence-corrected chi connectivity index (χ2v) is 10.0. The molecule has 1 fully saturated rings. The third-order valence-electron chi connectivity index (χ3n) is 6.51. The van der Waals surface area contributed by atoms with Crippen molar-refractivity contribution in [1.82, 2.24) is 10.3 Å². The van der Waals surface area contributed by atoms with Crippen LogP contribution >= 0.6 is 11.3 Å². The van der Waals surface area contributed by atoms with Gasteiger partial charge in [0.05, 0.1) is 29.3 Å². The Morgan fingerprint density at radius 2 is 1.84 bits per heavy atom. The summed E-state index contributed by atoms with van der Waals surface area (Å²) < 4.78 is 34.0. The Bertz CT molecular complexity index is 1650. The van der Waals surface area contributed by atoms with Crippen LogP contribution in [-0.2, 0) is 0 Å². The predicted octanol–water partition coefficient (Wildman–Crippen LogP) is 5.14. The molecule has 11 heteroatoms. The van der Waals surface area contributed by atoms with Gasteiger partial charge in [-0.2, -0.15) is 5.01 Å².